The fourth-order valence-corrected chi connectivity index (χ4v) is 4.12. The van der Waals surface area contributed by atoms with Gasteiger partial charge in [-0.3, -0.25) is 9.36 Å². The van der Waals surface area contributed by atoms with Gasteiger partial charge in [-0.1, -0.05) is 36.8 Å². The van der Waals surface area contributed by atoms with Gasteiger partial charge in [0.15, 0.2) is 0 Å². The van der Waals surface area contributed by atoms with Crippen LogP contribution in [0.15, 0.2) is 66.7 Å². The molecule has 0 bridgehead atoms. The number of imidazole rings is 1. The molecule has 1 amide bonds. The number of carbonyl (C=O) groups excluding carboxylic acids is 1. The van der Waals surface area contributed by atoms with E-state index in [1.54, 1.807) is 7.11 Å². The molecule has 1 heterocycles. The zero-order valence-electron chi connectivity index (χ0n) is 19.1. The molecule has 0 fully saturated rings. The Labute approximate surface area is 189 Å². The number of para-hydroxylation sites is 2. The van der Waals surface area contributed by atoms with Crippen LogP contribution in [-0.2, 0) is 6.54 Å². The number of rotatable bonds is 7. The number of aryl methyl sites for hydroxylation is 2. The summed E-state index contributed by atoms with van der Waals surface area (Å²) in [5, 5.41) is 0. The van der Waals surface area contributed by atoms with E-state index in [1.165, 1.54) is 0 Å². The minimum Gasteiger partial charge on any atom is -0.497 e. The fourth-order valence-electron chi connectivity index (χ4n) is 4.12. The van der Waals surface area contributed by atoms with Crippen molar-refractivity contribution in [3.05, 3.63) is 89.2 Å². The average molecular weight is 428 g/mol. The van der Waals surface area contributed by atoms with Crippen molar-refractivity contribution in [2.45, 2.75) is 33.7 Å². The Hall–Kier alpha value is -3.60. The molecular formula is C27H29N3O2. The number of hydrogen-bond donors (Lipinski definition) is 0. The first kappa shape index (κ1) is 21.6. The first-order valence-corrected chi connectivity index (χ1v) is 11.0. The van der Waals surface area contributed by atoms with Crippen LogP contribution in [0, 0.1) is 13.8 Å². The number of carbonyl (C=O) groups is 1. The summed E-state index contributed by atoms with van der Waals surface area (Å²) in [6, 6.07) is 22.0. The maximum atomic E-state index is 13.5. The van der Waals surface area contributed by atoms with Crippen LogP contribution >= 0.6 is 0 Å². The zero-order chi connectivity index (χ0) is 22.7. The largest absolute Gasteiger partial charge is 0.497 e. The van der Waals surface area contributed by atoms with Crippen LogP contribution in [0.1, 0.15) is 40.7 Å². The van der Waals surface area contributed by atoms with Gasteiger partial charge in [0.2, 0.25) is 0 Å². The van der Waals surface area contributed by atoms with Crippen LogP contribution in [0.5, 0.6) is 5.75 Å². The monoisotopic (exact) mass is 427 g/mol. The normalized spacial score (nSPS) is 11.0. The van der Waals surface area contributed by atoms with E-state index in [0.717, 1.165) is 51.4 Å². The molecule has 0 spiro atoms. The van der Waals surface area contributed by atoms with Crippen LogP contribution < -0.4 is 4.74 Å². The van der Waals surface area contributed by atoms with Crippen molar-refractivity contribution >= 4 is 16.9 Å². The van der Waals surface area contributed by atoms with Crippen molar-refractivity contribution < 1.29 is 9.53 Å². The predicted octanol–water partition coefficient (Wildman–Crippen LogP) is 5.70. The van der Waals surface area contributed by atoms with Crippen molar-refractivity contribution in [3.63, 3.8) is 0 Å². The first-order valence-electron chi connectivity index (χ1n) is 11.0. The minimum atomic E-state index is 0.0395. The van der Waals surface area contributed by atoms with Gasteiger partial charge in [-0.25, -0.2) is 4.98 Å². The van der Waals surface area contributed by atoms with Crippen molar-refractivity contribution in [2.24, 2.45) is 0 Å². The topological polar surface area (TPSA) is 47.4 Å². The lowest BCUT2D eigenvalue weighted by atomic mass is 10.0. The highest BCUT2D eigenvalue weighted by Gasteiger charge is 2.21. The Kier molecular flexibility index (Phi) is 6.26. The molecule has 164 valence electrons. The van der Waals surface area contributed by atoms with Crippen molar-refractivity contribution in [1.82, 2.24) is 14.5 Å². The van der Waals surface area contributed by atoms with Crippen LogP contribution in [0.25, 0.3) is 16.7 Å². The second kappa shape index (κ2) is 9.27. The zero-order valence-corrected chi connectivity index (χ0v) is 19.1. The third-order valence-electron chi connectivity index (χ3n) is 5.69. The fraction of sp³-hybridized carbons (Fsp3) is 0.259. The van der Waals surface area contributed by atoms with Gasteiger partial charge in [0.05, 0.1) is 24.7 Å². The van der Waals surface area contributed by atoms with Crippen LogP contribution in [0.4, 0.5) is 0 Å². The molecule has 5 heteroatoms. The standard InChI is InChI=1S/C27H29N3O2/c1-5-16-29(27(31)23-15-10-19(2)17-20(23)3)18-26-28-24-8-6-7-9-25(24)30(26)21-11-13-22(32-4)14-12-21/h6-15,17H,5,16,18H2,1-4H3. The van der Waals surface area contributed by atoms with E-state index < -0.39 is 0 Å². The number of methoxy groups -OCH3 is 1. The van der Waals surface area contributed by atoms with Gasteiger partial charge >= 0.3 is 0 Å². The highest BCUT2D eigenvalue weighted by Crippen LogP contribution is 2.25. The van der Waals surface area contributed by atoms with Crippen LogP contribution in [0.2, 0.25) is 0 Å². The summed E-state index contributed by atoms with van der Waals surface area (Å²) in [6.07, 6.45) is 0.874. The number of ether oxygens (including phenoxy) is 1. The highest BCUT2D eigenvalue weighted by atomic mass is 16.5. The number of nitrogens with zero attached hydrogens (tertiary/aromatic N) is 3. The number of fused-ring (bicyclic) bond motifs is 1. The van der Waals surface area contributed by atoms with E-state index >= 15 is 0 Å². The van der Waals surface area contributed by atoms with Gasteiger partial charge in [-0.05, 0) is 68.3 Å². The van der Waals surface area contributed by atoms with Crippen LogP contribution in [0.3, 0.4) is 0 Å². The highest BCUT2D eigenvalue weighted by molar-refractivity contribution is 5.95. The van der Waals surface area contributed by atoms with Crippen molar-refractivity contribution in [2.75, 3.05) is 13.7 Å². The van der Waals surface area contributed by atoms with Gasteiger partial charge in [0.1, 0.15) is 11.6 Å². The number of hydrogen-bond acceptors (Lipinski definition) is 3. The number of aromatic nitrogens is 2. The van der Waals surface area contributed by atoms with E-state index in [2.05, 4.69) is 23.6 Å². The Morgan fingerprint density at radius 1 is 1.03 bits per heavy atom. The Bertz CT molecular complexity index is 1240. The Balaban J connectivity index is 1.76. The third kappa shape index (κ3) is 4.24. The Morgan fingerprint density at radius 2 is 1.78 bits per heavy atom. The molecule has 4 aromatic rings. The maximum absolute atomic E-state index is 13.5. The molecule has 0 aliphatic rings. The molecule has 1 aromatic heterocycles. The summed E-state index contributed by atoms with van der Waals surface area (Å²) in [7, 11) is 1.66. The van der Waals surface area contributed by atoms with Crippen molar-refractivity contribution in [1.29, 1.82) is 0 Å². The first-order chi connectivity index (χ1) is 15.5. The summed E-state index contributed by atoms with van der Waals surface area (Å²) in [5.74, 6) is 1.68. The second-order valence-electron chi connectivity index (χ2n) is 8.10. The van der Waals surface area contributed by atoms with E-state index in [9.17, 15) is 4.79 Å². The molecule has 0 saturated carbocycles. The quantitative estimate of drug-likeness (QED) is 0.380. The van der Waals surface area contributed by atoms with E-state index in [1.807, 2.05) is 73.3 Å². The van der Waals surface area contributed by atoms with Crippen molar-refractivity contribution in [3.8, 4) is 11.4 Å². The third-order valence-corrected chi connectivity index (χ3v) is 5.69. The van der Waals surface area contributed by atoms with Gasteiger partial charge in [0.25, 0.3) is 5.91 Å². The maximum Gasteiger partial charge on any atom is 0.254 e. The summed E-state index contributed by atoms with van der Waals surface area (Å²) >= 11 is 0. The lowest BCUT2D eigenvalue weighted by molar-refractivity contribution is 0.0737. The molecular weight excluding hydrogens is 398 g/mol. The van der Waals surface area contributed by atoms with E-state index in [4.69, 9.17) is 9.72 Å². The SMILES string of the molecule is CCCN(Cc1nc2ccccc2n1-c1ccc(OC)cc1)C(=O)c1ccc(C)cc1C. The molecule has 0 aliphatic heterocycles. The van der Waals surface area contributed by atoms with Gasteiger partial charge in [-0.2, -0.15) is 0 Å². The molecule has 5 nitrogen and oxygen atoms in total. The minimum absolute atomic E-state index is 0.0395. The summed E-state index contributed by atoms with van der Waals surface area (Å²) in [6.45, 7) is 7.23. The smallest absolute Gasteiger partial charge is 0.254 e. The molecule has 0 radical (unpaired) electrons. The molecule has 3 aromatic carbocycles. The molecule has 0 aliphatic carbocycles. The van der Waals surface area contributed by atoms with Gasteiger partial charge < -0.3 is 9.64 Å². The molecule has 0 atom stereocenters. The molecule has 0 saturated heterocycles. The van der Waals surface area contributed by atoms with Gasteiger partial charge in [0, 0.05) is 17.8 Å². The van der Waals surface area contributed by atoms with Crippen LogP contribution in [-0.4, -0.2) is 34.0 Å². The molecule has 0 unspecified atom stereocenters. The Morgan fingerprint density at radius 3 is 2.47 bits per heavy atom. The van der Waals surface area contributed by atoms with E-state index in [0.29, 0.717) is 13.1 Å². The van der Waals surface area contributed by atoms with Gasteiger partial charge in [-0.15, -0.1) is 0 Å². The number of amides is 1. The number of benzene rings is 3. The lowest BCUT2D eigenvalue weighted by Crippen LogP contribution is -2.32. The van der Waals surface area contributed by atoms with E-state index in [-0.39, 0.29) is 5.91 Å². The summed E-state index contributed by atoms with van der Waals surface area (Å²) < 4.78 is 7.45. The summed E-state index contributed by atoms with van der Waals surface area (Å²) in [5.41, 5.74) is 5.82. The second-order valence-corrected chi connectivity index (χ2v) is 8.10. The molecule has 32 heavy (non-hydrogen) atoms. The lowest BCUT2D eigenvalue weighted by Gasteiger charge is -2.23. The average Bonchev–Trinajstić information content (AvgIpc) is 3.16. The molecule has 4 rings (SSSR count). The molecule has 0 N–H and O–H groups in total. The predicted molar refractivity (Wildman–Crippen MR) is 129 cm³/mol. The summed E-state index contributed by atoms with van der Waals surface area (Å²) in [4.78, 5) is 20.3.